The average Bonchev–Trinajstić information content (AvgIpc) is 2.91. The van der Waals surface area contributed by atoms with E-state index in [2.05, 4.69) is 12.2 Å². The number of hydrogen-bond acceptors (Lipinski definition) is 4. The van der Waals surface area contributed by atoms with Crippen LogP contribution in [0, 0.1) is 11.7 Å². The van der Waals surface area contributed by atoms with Crippen molar-refractivity contribution in [1.82, 2.24) is 0 Å². The molecular weight excluding hydrogens is 341 g/mol. The molecule has 0 unspecified atom stereocenters. The van der Waals surface area contributed by atoms with Gasteiger partial charge in [-0.3, -0.25) is 4.79 Å². The van der Waals surface area contributed by atoms with Crippen LogP contribution in [0.25, 0.3) is 0 Å². The van der Waals surface area contributed by atoms with Gasteiger partial charge < -0.3 is 10.1 Å². The summed E-state index contributed by atoms with van der Waals surface area (Å²) in [5.41, 5.74) is 1.66. The maximum atomic E-state index is 13.4. The van der Waals surface area contributed by atoms with Crippen molar-refractivity contribution in [3.63, 3.8) is 0 Å². The van der Waals surface area contributed by atoms with Crippen molar-refractivity contribution in [2.45, 2.75) is 33.1 Å². The van der Waals surface area contributed by atoms with Crippen molar-refractivity contribution in [2.24, 2.45) is 5.92 Å². The molecule has 6 heteroatoms. The predicted molar refractivity (Wildman–Crippen MR) is 95.8 cm³/mol. The molecule has 1 atom stereocenters. The van der Waals surface area contributed by atoms with Crippen LogP contribution >= 0.6 is 11.3 Å². The van der Waals surface area contributed by atoms with Crippen LogP contribution in [0.1, 0.15) is 51.4 Å². The number of amides is 1. The number of carbonyl (C=O) groups is 2. The number of anilines is 1. The Morgan fingerprint density at radius 1 is 1.40 bits per heavy atom. The molecule has 3 rings (SSSR count). The summed E-state index contributed by atoms with van der Waals surface area (Å²) in [7, 11) is 0. The number of hydrogen-bond donors (Lipinski definition) is 1. The van der Waals surface area contributed by atoms with E-state index in [1.54, 1.807) is 6.92 Å². The predicted octanol–water partition coefficient (Wildman–Crippen LogP) is 4.44. The molecule has 0 bridgehead atoms. The molecule has 0 aliphatic heterocycles. The number of ether oxygens (including phenoxy) is 1. The average molecular weight is 361 g/mol. The molecule has 1 amide bonds. The van der Waals surface area contributed by atoms with E-state index in [1.165, 1.54) is 35.6 Å². The number of benzene rings is 1. The lowest BCUT2D eigenvalue weighted by atomic mass is 9.88. The van der Waals surface area contributed by atoms with E-state index in [-0.39, 0.29) is 12.2 Å². The van der Waals surface area contributed by atoms with Crippen LogP contribution in [0.2, 0.25) is 0 Å². The summed E-state index contributed by atoms with van der Waals surface area (Å²) < 4.78 is 18.5. The first kappa shape index (κ1) is 17.6. The van der Waals surface area contributed by atoms with Crippen LogP contribution in [0.3, 0.4) is 0 Å². The third-order valence-corrected chi connectivity index (χ3v) is 5.47. The fourth-order valence-corrected chi connectivity index (χ4v) is 4.46. The molecule has 1 N–H and O–H groups in total. The van der Waals surface area contributed by atoms with Gasteiger partial charge in [-0.05, 0) is 55.9 Å². The lowest BCUT2D eigenvalue weighted by molar-refractivity contribution is 0.0526. The number of carbonyl (C=O) groups excluding carboxylic acids is 2. The van der Waals surface area contributed by atoms with E-state index in [9.17, 15) is 14.0 Å². The third kappa shape index (κ3) is 3.74. The Morgan fingerprint density at radius 2 is 2.20 bits per heavy atom. The van der Waals surface area contributed by atoms with Gasteiger partial charge in [0.05, 0.1) is 12.2 Å². The second kappa shape index (κ2) is 7.35. The topological polar surface area (TPSA) is 55.4 Å². The Bertz CT molecular complexity index is 815. The second-order valence-electron chi connectivity index (χ2n) is 6.24. The standard InChI is InChI=1S/C19H20FNO3S/c1-3-24-19(23)16-14-8-7-11(2)9-15(14)25-18(16)21-17(22)12-5-4-6-13(20)10-12/h4-6,10-11H,3,7-9H2,1-2H3,(H,21,22)/t11-/m0/s1. The Morgan fingerprint density at radius 3 is 2.92 bits per heavy atom. The molecule has 4 nitrogen and oxygen atoms in total. The monoisotopic (exact) mass is 361 g/mol. The largest absolute Gasteiger partial charge is 0.462 e. The Labute approximate surface area is 150 Å². The van der Waals surface area contributed by atoms with Gasteiger partial charge >= 0.3 is 5.97 Å². The highest BCUT2D eigenvalue weighted by Crippen LogP contribution is 2.40. The zero-order chi connectivity index (χ0) is 18.0. The molecule has 132 valence electrons. The molecular formula is C19H20FNO3S. The quantitative estimate of drug-likeness (QED) is 0.819. The zero-order valence-electron chi connectivity index (χ0n) is 14.2. The van der Waals surface area contributed by atoms with E-state index in [0.717, 1.165) is 29.7 Å². The Balaban J connectivity index is 1.94. The summed E-state index contributed by atoms with van der Waals surface area (Å²) in [6.07, 6.45) is 2.70. The molecule has 1 aliphatic rings. The SMILES string of the molecule is CCOC(=O)c1c(NC(=O)c2cccc(F)c2)sc2c1CC[C@H](C)C2. The smallest absolute Gasteiger partial charge is 0.341 e. The summed E-state index contributed by atoms with van der Waals surface area (Å²) in [6.45, 7) is 4.21. The van der Waals surface area contributed by atoms with Gasteiger partial charge in [-0.15, -0.1) is 11.3 Å². The van der Waals surface area contributed by atoms with Crippen LogP contribution in [0.4, 0.5) is 9.39 Å². The summed E-state index contributed by atoms with van der Waals surface area (Å²) in [4.78, 5) is 26.0. The molecule has 0 spiro atoms. The van der Waals surface area contributed by atoms with Crippen LogP contribution in [0.5, 0.6) is 0 Å². The molecule has 25 heavy (non-hydrogen) atoms. The second-order valence-corrected chi connectivity index (χ2v) is 7.35. The zero-order valence-corrected chi connectivity index (χ0v) is 15.0. The minimum absolute atomic E-state index is 0.217. The van der Waals surface area contributed by atoms with Gasteiger partial charge in [0.15, 0.2) is 0 Å². The van der Waals surface area contributed by atoms with E-state index >= 15 is 0 Å². The first-order chi connectivity index (χ1) is 12.0. The van der Waals surface area contributed by atoms with Crippen molar-refractivity contribution in [3.8, 4) is 0 Å². The minimum atomic E-state index is -0.474. The number of esters is 1. The van der Waals surface area contributed by atoms with Gasteiger partial charge in [-0.1, -0.05) is 13.0 Å². The highest BCUT2D eigenvalue weighted by Gasteiger charge is 2.29. The van der Waals surface area contributed by atoms with Crippen molar-refractivity contribution >= 4 is 28.2 Å². The van der Waals surface area contributed by atoms with Gasteiger partial charge in [-0.2, -0.15) is 0 Å². The number of nitrogens with one attached hydrogen (secondary N) is 1. The van der Waals surface area contributed by atoms with Crippen molar-refractivity contribution < 1.29 is 18.7 Å². The summed E-state index contributed by atoms with van der Waals surface area (Å²) in [5.74, 6) is -0.772. The Kier molecular flexibility index (Phi) is 5.18. The molecule has 1 aromatic heterocycles. The number of fused-ring (bicyclic) bond motifs is 1. The molecule has 1 aromatic carbocycles. The lowest BCUT2D eigenvalue weighted by Crippen LogP contribution is -2.16. The van der Waals surface area contributed by atoms with Crippen molar-refractivity contribution in [3.05, 3.63) is 51.7 Å². The fourth-order valence-electron chi connectivity index (χ4n) is 3.06. The first-order valence-corrected chi connectivity index (χ1v) is 9.19. The van der Waals surface area contributed by atoms with Gasteiger partial charge in [0.1, 0.15) is 10.8 Å². The van der Waals surface area contributed by atoms with Gasteiger partial charge in [-0.25, -0.2) is 9.18 Å². The van der Waals surface area contributed by atoms with Crippen molar-refractivity contribution in [1.29, 1.82) is 0 Å². The van der Waals surface area contributed by atoms with Crippen LogP contribution in [-0.4, -0.2) is 18.5 Å². The third-order valence-electron chi connectivity index (χ3n) is 4.31. The molecule has 0 radical (unpaired) electrons. The van der Waals surface area contributed by atoms with Gasteiger partial charge in [0.2, 0.25) is 0 Å². The summed E-state index contributed by atoms with van der Waals surface area (Å²) >= 11 is 1.42. The molecule has 1 heterocycles. The molecule has 2 aromatic rings. The Hall–Kier alpha value is -2.21. The van der Waals surface area contributed by atoms with E-state index in [1.807, 2.05) is 0 Å². The van der Waals surface area contributed by atoms with Gasteiger partial charge in [0, 0.05) is 10.4 Å². The fraction of sp³-hybridized carbons (Fsp3) is 0.368. The first-order valence-electron chi connectivity index (χ1n) is 8.38. The van der Waals surface area contributed by atoms with Crippen LogP contribution in [-0.2, 0) is 17.6 Å². The maximum absolute atomic E-state index is 13.4. The number of halogens is 1. The highest BCUT2D eigenvalue weighted by atomic mass is 32.1. The number of rotatable bonds is 4. The van der Waals surface area contributed by atoms with E-state index in [0.29, 0.717) is 16.5 Å². The van der Waals surface area contributed by atoms with Gasteiger partial charge in [0.25, 0.3) is 5.91 Å². The maximum Gasteiger partial charge on any atom is 0.341 e. The molecule has 0 fully saturated rings. The molecule has 0 saturated heterocycles. The minimum Gasteiger partial charge on any atom is -0.462 e. The number of thiophene rings is 1. The normalized spacial score (nSPS) is 16.2. The highest BCUT2D eigenvalue weighted by molar-refractivity contribution is 7.17. The van der Waals surface area contributed by atoms with E-state index in [4.69, 9.17) is 4.74 Å². The van der Waals surface area contributed by atoms with Crippen LogP contribution in [0.15, 0.2) is 24.3 Å². The van der Waals surface area contributed by atoms with Crippen LogP contribution < -0.4 is 5.32 Å². The summed E-state index contributed by atoms with van der Waals surface area (Å²) in [6, 6.07) is 5.48. The van der Waals surface area contributed by atoms with E-state index < -0.39 is 17.7 Å². The summed E-state index contributed by atoms with van der Waals surface area (Å²) in [5, 5.41) is 3.27. The molecule has 1 aliphatic carbocycles. The molecule has 0 saturated carbocycles. The lowest BCUT2D eigenvalue weighted by Gasteiger charge is -2.18. The van der Waals surface area contributed by atoms with Crippen molar-refractivity contribution in [2.75, 3.05) is 11.9 Å².